The highest BCUT2D eigenvalue weighted by molar-refractivity contribution is 7.12. The average molecular weight is 274 g/mol. The van der Waals surface area contributed by atoms with Crippen molar-refractivity contribution in [1.82, 2.24) is 4.98 Å². The maximum Gasteiger partial charge on any atom is 0.140 e. The molecule has 0 spiro atoms. The van der Waals surface area contributed by atoms with E-state index < -0.39 is 0 Å². The summed E-state index contributed by atoms with van der Waals surface area (Å²) in [7, 11) is 0. The van der Waals surface area contributed by atoms with E-state index in [0.717, 1.165) is 31.0 Å². The van der Waals surface area contributed by atoms with Crippen molar-refractivity contribution in [1.29, 1.82) is 0 Å². The van der Waals surface area contributed by atoms with Gasteiger partial charge in [0.15, 0.2) is 0 Å². The van der Waals surface area contributed by atoms with Crippen LogP contribution in [-0.4, -0.2) is 18.1 Å². The number of rotatable bonds is 4. The molecule has 3 nitrogen and oxygen atoms in total. The number of ether oxygens (including phenoxy) is 1. The molecule has 1 N–H and O–H groups in total. The summed E-state index contributed by atoms with van der Waals surface area (Å²) in [5.74, 6) is 2.05. The van der Waals surface area contributed by atoms with Gasteiger partial charge in [-0.05, 0) is 37.1 Å². The van der Waals surface area contributed by atoms with E-state index in [-0.39, 0.29) is 0 Å². The molecular weight excluding hydrogens is 256 g/mol. The minimum absolute atomic E-state index is 0.690. The van der Waals surface area contributed by atoms with E-state index in [1.54, 1.807) is 0 Å². The lowest BCUT2D eigenvalue weighted by Crippen LogP contribution is -2.02. The molecular formula is C15H18N2OS. The Kier molecular flexibility index (Phi) is 3.42. The van der Waals surface area contributed by atoms with Crippen molar-refractivity contribution in [2.75, 3.05) is 18.5 Å². The standard InChI is InChI=1S/C15H18N2OS/c1-10-7-11(2)9-12(8-10)18-6-4-14-17-15-13(19-14)3-5-16-15/h7-9,16H,3-6H2,1-2H3. The van der Waals surface area contributed by atoms with E-state index in [2.05, 4.69) is 42.3 Å². The first-order valence-electron chi connectivity index (χ1n) is 6.64. The second-order valence-electron chi connectivity index (χ2n) is 4.98. The number of thiazole rings is 1. The van der Waals surface area contributed by atoms with E-state index in [1.807, 2.05) is 11.3 Å². The molecule has 4 heteroatoms. The van der Waals surface area contributed by atoms with E-state index >= 15 is 0 Å². The van der Waals surface area contributed by atoms with Gasteiger partial charge in [-0.25, -0.2) is 4.98 Å². The summed E-state index contributed by atoms with van der Waals surface area (Å²) in [6.45, 7) is 5.91. The minimum atomic E-state index is 0.690. The second-order valence-corrected chi connectivity index (χ2v) is 6.15. The van der Waals surface area contributed by atoms with Crippen LogP contribution in [0.15, 0.2) is 18.2 Å². The molecule has 0 bridgehead atoms. The molecule has 19 heavy (non-hydrogen) atoms. The van der Waals surface area contributed by atoms with Crippen molar-refractivity contribution in [3.63, 3.8) is 0 Å². The number of hydrogen-bond donors (Lipinski definition) is 1. The van der Waals surface area contributed by atoms with Crippen LogP contribution in [0.4, 0.5) is 5.82 Å². The van der Waals surface area contributed by atoms with Gasteiger partial charge in [0, 0.05) is 19.4 Å². The Morgan fingerprint density at radius 3 is 2.79 bits per heavy atom. The maximum absolute atomic E-state index is 5.82. The highest BCUT2D eigenvalue weighted by Gasteiger charge is 2.15. The topological polar surface area (TPSA) is 34.1 Å². The zero-order valence-corrected chi connectivity index (χ0v) is 12.1. The third-order valence-corrected chi connectivity index (χ3v) is 4.34. The van der Waals surface area contributed by atoms with E-state index in [1.165, 1.54) is 21.0 Å². The number of anilines is 1. The van der Waals surface area contributed by atoms with Crippen LogP contribution in [0.1, 0.15) is 21.0 Å². The van der Waals surface area contributed by atoms with Gasteiger partial charge in [0.2, 0.25) is 0 Å². The Morgan fingerprint density at radius 1 is 1.26 bits per heavy atom. The number of aromatic nitrogens is 1. The fraction of sp³-hybridized carbons (Fsp3) is 0.400. The smallest absolute Gasteiger partial charge is 0.140 e. The van der Waals surface area contributed by atoms with Gasteiger partial charge in [0.1, 0.15) is 11.6 Å². The molecule has 3 rings (SSSR count). The fourth-order valence-electron chi connectivity index (χ4n) is 2.38. The van der Waals surface area contributed by atoms with Crippen LogP contribution in [-0.2, 0) is 12.8 Å². The lowest BCUT2D eigenvalue weighted by atomic mass is 10.1. The molecule has 0 atom stereocenters. The van der Waals surface area contributed by atoms with Gasteiger partial charge in [-0.15, -0.1) is 11.3 Å². The molecule has 0 fully saturated rings. The van der Waals surface area contributed by atoms with Gasteiger partial charge in [-0.3, -0.25) is 0 Å². The van der Waals surface area contributed by atoms with Crippen LogP contribution in [0, 0.1) is 13.8 Å². The lowest BCUT2D eigenvalue weighted by Gasteiger charge is -2.07. The van der Waals surface area contributed by atoms with Crippen LogP contribution < -0.4 is 10.1 Å². The number of fused-ring (bicyclic) bond motifs is 1. The first kappa shape index (κ1) is 12.5. The Balaban J connectivity index is 1.57. The molecule has 0 saturated heterocycles. The van der Waals surface area contributed by atoms with Crippen molar-refractivity contribution in [2.24, 2.45) is 0 Å². The number of nitrogens with one attached hydrogen (secondary N) is 1. The Morgan fingerprint density at radius 2 is 2.05 bits per heavy atom. The van der Waals surface area contributed by atoms with Crippen LogP contribution in [0.25, 0.3) is 0 Å². The molecule has 0 radical (unpaired) electrons. The third kappa shape index (κ3) is 2.89. The first-order chi connectivity index (χ1) is 9.20. The summed E-state index contributed by atoms with van der Waals surface area (Å²) < 4.78 is 5.82. The van der Waals surface area contributed by atoms with Crippen LogP contribution in [0.3, 0.4) is 0 Å². The molecule has 0 unspecified atom stereocenters. The quantitative estimate of drug-likeness (QED) is 0.928. The van der Waals surface area contributed by atoms with Gasteiger partial charge < -0.3 is 10.1 Å². The molecule has 2 heterocycles. The molecule has 2 aromatic rings. The largest absolute Gasteiger partial charge is 0.493 e. The molecule has 0 amide bonds. The van der Waals surface area contributed by atoms with Crippen molar-refractivity contribution < 1.29 is 4.74 Å². The highest BCUT2D eigenvalue weighted by Crippen LogP contribution is 2.28. The van der Waals surface area contributed by atoms with Crippen molar-refractivity contribution >= 4 is 17.2 Å². The Bertz CT molecular complexity index is 550. The summed E-state index contributed by atoms with van der Waals surface area (Å²) >= 11 is 1.81. The zero-order valence-electron chi connectivity index (χ0n) is 11.3. The van der Waals surface area contributed by atoms with Gasteiger partial charge in [-0.2, -0.15) is 0 Å². The normalized spacial score (nSPS) is 13.2. The molecule has 0 aliphatic carbocycles. The summed E-state index contributed by atoms with van der Waals surface area (Å²) in [6.07, 6.45) is 2.00. The lowest BCUT2D eigenvalue weighted by molar-refractivity contribution is 0.321. The first-order valence-corrected chi connectivity index (χ1v) is 7.46. The fourth-order valence-corrected chi connectivity index (χ4v) is 3.41. The van der Waals surface area contributed by atoms with Crippen molar-refractivity contribution in [3.05, 3.63) is 39.2 Å². The molecule has 1 aromatic heterocycles. The van der Waals surface area contributed by atoms with Gasteiger partial charge in [-0.1, -0.05) is 6.07 Å². The van der Waals surface area contributed by atoms with Crippen LogP contribution in [0.5, 0.6) is 5.75 Å². The maximum atomic E-state index is 5.82. The Labute approximate surface area is 117 Å². The summed E-state index contributed by atoms with van der Waals surface area (Å²) in [4.78, 5) is 5.97. The molecule has 100 valence electrons. The predicted octanol–water partition coefficient (Wildman–Crippen LogP) is 3.35. The summed E-state index contributed by atoms with van der Waals surface area (Å²) in [6, 6.07) is 6.32. The summed E-state index contributed by atoms with van der Waals surface area (Å²) in [5.41, 5.74) is 2.49. The number of benzene rings is 1. The van der Waals surface area contributed by atoms with E-state index in [4.69, 9.17) is 4.74 Å². The Hall–Kier alpha value is -1.55. The average Bonchev–Trinajstić information content (AvgIpc) is 2.88. The SMILES string of the molecule is Cc1cc(C)cc(OCCc2nc3c(s2)CCN3)c1. The van der Waals surface area contributed by atoms with Crippen LogP contribution in [0.2, 0.25) is 0 Å². The second kappa shape index (κ2) is 5.21. The number of nitrogens with zero attached hydrogens (tertiary/aromatic N) is 1. The molecule has 0 saturated carbocycles. The zero-order chi connectivity index (χ0) is 13.2. The molecule has 1 aromatic carbocycles. The van der Waals surface area contributed by atoms with Crippen molar-refractivity contribution in [3.8, 4) is 5.75 Å². The van der Waals surface area contributed by atoms with Crippen molar-refractivity contribution in [2.45, 2.75) is 26.7 Å². The van der Waals surface area contributed by atoms with Gasteiger partial charge >= 0.3 is 0 Å². The molecule has 1 aliphatic heterocycles. The monoisotopic (exact) mass is 274 g/mol. The summed E-state index contributed by atoms with van der Waals surface area (Å²) in [5, 5.41) is 4.47. The minimum Gasteiger partial charge on any atom is -0.493 e. The van der Waals surface area contributed by atoms with E-state index in [0.29, 0.717) is 6.61 Å². The number of aryl methyl sites for hydroxylation is 2. The third-order valence-electron chi connectivity index (χ3n) is 3.17. The van der Waals surface area contributed by atoms with E-state index in [9.17, 15) is 0 Å². The number of hydrogen-bond acceptors (Lipinski definition) is 4. The van der Waals surface area contributed by atoms with Gasteiger partial charge in [0.05, 0.1) is 16.5 Å². The van der Waals surface area contributed by atoms with Crippen LogP contribution >= 0.6 is 11.3 Å². The van der Waals surface area contributed by atoms with Gasteiger partial charge in [0.25, 0.3) is 0 Å². The predicted molar refractivity (Wildman–Crippen MR) is 79.4 cm³/mol. The highest BCUT2D eigenvalue weighted by atomic mass is 32.1. The molecule has 1 aliphatic rings.